The lowest BCUT2D eigenvalue weighted by Gasteiger charge is -2.36. The molecule has 0 amide bonds. The third kappa shape index (κ3) is 5.59. The number of rotatable bonds is 6. The van der Waals surface area contributed by atoms with Crippen LogP contribution < -0.4 is 10.6 Å². The van der Waals surface area contributed by atoms with Crippen molar-refractivity contribution >= 4 is 17.3 Å². The number of piperazine rings is 1. The molecule has 0 radical (unpaired) electrons. The quantitative estimate of drug-likeness (QED) is 0.608. The Hall–Kier alpha value is -1.11. The summed E-state index contributed by atoms with van der Waals surface area (Å²) >= 11 is 1.81. The van der Waals surface area contributed by atoms with Gasteiger partial charge in [0.15, 0.2) is 5.96 Å². The molecule has 1 aliphatic heterocycles. The summed E-state index contributed by atoms with van der Waals surface area (Å²) in [4.78, 5) is 10.7. The molecule has 2 N–H and O–H groups in total. The summed E-state index contributed by atoms with van der Waals surface area (Å²) in [7, 11) is 4.03. The third-order valence-electron chi connectivity index (χ3n) is 4.19. The SMILES string of the molecule is CN=C(NCCc1cccs1)NCC(C)N1CCN(C)CC1. The van der Waals surface area contributed by atoms with Crippen molar-refractivity contribution in [2.75, 3.05) is 53.4 Å². The zero-order valence-corrected chi connectivity index (χ0v) is 14.8. The van der Waals surface area contributed by atoms with E-state index < -0.39 is 0 Å². The van der Waals surface area contributed by atoms with Crippen LogP contribution in [0.4, 0.5) is 0 Å². The van der Waals surface area contributed by atoms with Gasteiger partial charge in [-0.1, -0.05) is 6.07 Å². The zero-order valence-electron chi connectivity index (χ0n) is 14.0. The number of hydrogen-bond donors (Lipinski definition) is 2. The second-order valence-corrected chi connectivity index (χ2v) is 6.93. The maximum Gasteiger partial charge on any atom is 0.191 e. The van der Waals surface area contributed by atoms with Crippen LogP contribution in [-0.4, -0.2) is 75.2 Å². The van der Waals surface area contributed by atoms with Crippen LogP contribution in [0.3, 0.4) is 0 Å². The molecule has 0 aliphatic carbocycles. The van der Waals surface area contributed by atoms with Gasteiger partial charge in [-0.05, 0) is 31.8 Å². The topological polar surface area (TPSA) is 42.9 Å². The maximum atomic E-state index is 4.31. The molecule has 1 fully saturated rings. The van der Waals surface area contributed by atoms with E-state index in [2.05, 4.69) is 56.9 Å². The smallest absolute Gasteiger partial charge is 0.191 e. The highest BCUT2D eigenvalue weighted by Gasteiger charge is 2.18. The Morgan fingerprint density at radius 1 is 1.32 bits per heavy atom. The molecule has 0 aromatic carbocycles. The minimum atomic E-state index is 0.532. The predicted molar refractivity (Wildman–Crippen MR) is 95.9 cm³/mol. The monoisotopic (exact) mass is 323 g/mol. The van der Waals surface area contributed by atoms with E-state index in [0.29, 0.717) is 6.04 Å². The molecule has 1 aromatic heterocycles. The molecule has 6 heteroatoms. The Morgan fingerprint density at radius 2 is 2.09 bits per heavy atom. The average molecular weight is 324 g/mol. The van der Waals surface area contributed by atoms with E-state index in [4.69, 9.17) is 0 Å². The number of likely N-dealkylation sites (N-methyl/N-ethyl adjacent to an activating group) is 1. The highest BCUT2D eigenvalue weighted by atomic mass is 32.1. The molecule has 1 atom stereocenters. The lowest BCUT2D eigenvalue weighted by atomic mass is 10.2. The summed E-state index contributed by atoms with van der Waals surface area (Å²) in [5, 5.41) is 8.96. The summed E-state index contributed by atoms with van der Waals surface area (Å²) < 4.78 is 0. The van der Waals surface area contributed by atoms with Gasteiger partial charge in [0, 0.05) is 57.2 Å². The molecule has 1 aliphatic rings. The normalized spacial score (nSPS) is 19.1. The largest absolute Gasteiger partial charge is 0.356 e. The fourth-order valence-corrected chi connectivity index (χ4v) is 3.32. The number of nitrogens with one attached hydrogen (secondary N) is 2. The van der Waals surface area contributed by atoms with Crippen LogP contribution in [0.1, 0.15) is 11.8 Å². The molecule has 1 saturated heterocycles. The summed E-state index contributed by atoms with van der Waals surface area (Å²) in [5.41, 5.74) is 0. The lowest BCUT2D eigenvalue weighted by Crippen LogP contribution is -2.52. The first-order chi connectivity index (χ1) is 10.7. The van der Waals surface area contributed by atoms with Crippen LogP contribution in [-0.2, 0) is 6.42 Å². The van der Waals surface area contributed by atoms with Crippen LogP contribution in [0, 0.1) is 0 Å². The molecule has 1 unspecified atom stereocenters. The predicted octanol–water partition coefficient (Wildman–Crippen LogP) is 1.09. The highest BCUT2D eigenvalue weighted by molar-refractivity contribution is 7.09. The number of aliphatic imine (C=N–C) groups is 1. The van der Waals surface area contributed by atoms with Gasteiger partial charge in [0.1, 0.15) is 0 Å². The molecule has 5 nitrogen and oxygen atoms in total. The van der Waals surface area contributed by atoms with Crippen LogP contribution in [0.15, 0.2) is 22.5 Å². The Morgan fingerprint density at radius 3 is 2.73 bits per heavy atom. The molecular weight excluding hydrogens is 294 g/mol. The van der Waals surface area contributed by atoms with Gasteiger partial charge in [-0.2, -0.15) is 0 Å². The highest BCUT2D eigenvalue weighted by Crippen LogP contribution is 2.08. The van der Waals surface area contributed by atoms with Gasteiger partial charge in [0.2, 0.25) is 0 Å². The summed E-state index contributed by atoms with van der Waals surface area (Å²) in [6, 6.07) is 4.81. The third-order valence-corrected chi connectivity index (χ3v) is 5.13. The van der Waals surface area contributed by atoms with E-state index in [1.165, 1.54) is 4.88 Å². The van der Waals surface area contributed by atoms with Crippen LogP contribution in [0.5, 0.6) is 0 Å². The van der Waals surface area contributed by atoms with E-state index in [1.54, 1.807) is 0 Å². The zero-order chi connectivity index (χ0) is 15.8. The molecular formula is C16H29N5S. The van der Waals surface area contributed by atoms with Crippen molar-refractivity contribution in [3.63, 3.8) is 0 Å². The summed E-state index contributed by atoms with van der Waals surface area (Å²) in [6.45, 7) is 8.78. The molecule has 2 rings (SSSR count). The van der Waals surface area contributed by atoms with Crippen LogP contribution in [0.2, 0.25) is 0 Å². The number of thiophene rings is 1. The Kier molecular flexibility index (Phi) is 7.15. The van der Waals surface area contributed by atoms with Gasteiger partial charge in [0.05, 0.1) is 0 Å². The van der Waals surface area contributed by atoms with Crippen molar-refractivity contribution in [3.8, 4) is 0 Å². The maximum absolute atomic E-state index is 4.31. The van der Waals surface area contributed by atoms with E-state index in [0.717, 1.165) is 51.6 Å². The Bertz CT molecular complexity index is 437. The summed E-state index contributed by atoms with van der Waals surface area (Å²) in [5.74, 6) is 0.900. The molecule has 0 spiro atoms. The number of nitrogens with zero attached hydrogens (tertiary/aromatic N) is 3. The first kappa shape index (κ1) is 17.2. The van der Waals surface area contributed by atoms with E-state index >= 15 is 0 Å². The molecule has 1 aromatic rings. The van der Waals surface area contributed by atoms with Crippen molar-refractivity contribution in [2.45, 2.75) is 19.4 Å². The molecule has 22 heavy (non-hydrogen) atoms. The first-order valence-corrected chi connectivity index (χ1v) is 8.96. The van der Waals surface area contributed by atoms with Gasteiger partial charge in [-0.3, -0.25) is 9.89 Å². The molecule has 2 heterocycles. The average Bonchev–Trinajstić information content (AvgIpc) is 3.04. The Labute approximate surface area is 138 Å². The van der Waals surface area contributed by atoms with E-state index in [9.17, 15) is 0 Å². The minimum absolute atomic E-state index is 0.532. The first-order valence-electron chi connectivity index (χ1n) is 8.08. The minimum Gasteiger partial charge on any atom is -0.356 e. The van der Waals surface area contributed by atoms with E-state index in [-0.39, 0.29) is 0 Å². The second kappa shape index (κ2) is 9.12. The number of guanidine groups is 1. The van der Waals surface area contributed by atoms with Gasteiger partial charge < -0.3 is 15.5 Å². The fraction of sp³-hybridized carbons (Fsp3) is 0.688. The van der Waals surface area contributed by atoms with Crippen molar-refractivity contribution < 1.29 is 0 Å². The summed E-state index contributed by atoms with van der Waals surface area (Å²) in [6.07, 6.45) is 1.05. The van der Waals surface area contributed by atoms with Gasteiger partial charge in [-0.25, -0.2) is 0 Å². The van der Waals surface area contributed by atoms with Crippen molar-refractivity contribution in [3.05, 3.63) is 22.4 Å². The molecule has 0 saturated carbocycles. The number of hydrogen-bond acceptors (Lipinski definition) is 4. The van der Waals surface area contributed by atoms with Crippen LogP contribution >= 0.6 is 11.3 Å². The Balaban J connectivity index is 1.65. The van der Waals surface area contributed by atoms with Crippen molar-refractivity contribution in [1.82, 2.24) is 20.4 Å². The second-order valence-electron chi connectivity index (χ2n) is 5.90. The lowest BCUT2D eigenvalue weighted by molar-refractivity contribution is 0.120. The van der Waals surface area contributed by atoms with Crippen molar-refractivity contribution in [2.24, 2.45) is 4.99 Å². The van der Waals surface area contributed by atoms with Gasteiger partial charge in [-0.15, -0.1) is 11.3 Å². The molecule has 0 bridgehead atoms. The molecule has 124 valence electrons. The van der Waals surface area contributed by atoms with Gasteiger partial charge in [0.25, 0.3) is 0 Å². The van der Waals surface area contributed by atoms with Crippen molar-refractivity contribution in [1.29, 1.82) is 0 Å². The fourth-order valence-electron chi connectivity index (χ4n) is 2.62. The van der Waals surface area contributed by atoms with E-state index in [1.807, 2.05) is 18.4 Å². The van der Waals surface area contributed by atoms with Crippen LogP contribution in [0.25, 0.3) is 0 Å². The standard InChI is InChI=1S/C16H29N5S/c1-14(21-10-8-20(3)9-11-21)13-19-16(17-2)18-7-6-15-5-4-12-22-15/h4-5,12,14H,6-11,13H2,1-3H3,(H2,17,18,19). The van der Waals surface area contributed by atoms with Gasteiger partial charge >= 0.3 is 0 Å².